The maximum Gasteiger partial charge on any atom is 0.337 e. The summed E-state index contributed by atoms with van der Waals surface area (Å²) < 4.78 is 0. The molecule has 2 aromatic carbocycles. The average Bonchev–Trinajstić information content (AvgIpc) is 2.38. The Hall–Kier alpha value is -2.60. The molecule has 17 heavy (non-hydrogen) atoms. The Bertz CT molecular complexity index is 597. The normalized spacial score (nSPS) is 9.59. The van der Waals surface area contributed by atoms with Crippen molar-refractivity contribution in [3.05, 3.63) is 59.7 Å². The zero-order valence-corrected chi connectivity index (χ0v) is 8.92. The van der Waals surface area contributed by atoms with Crippen LogP contribution >= 0.6 is 0 Å². The first-order valence-electron chi connectivity index (χ1n) is 5.06. The summed E-state index contributed by atoms with van der Waals surface area (Å²) in [6.45, 7) is 0. The highest BCUT2D eigenvalue weighted by molar-refractivity contribution is 5.93. The lowest BCUT2D eigenvalue weighted by molar-refractivity contribution is 0.0696. The number of nitrogens with zero attached hydrogens (tertiary/aromatic N) is 1. The van der Waals surface area contributed by atoms with Crippen molar-refractivity contribution >= 4 is 5.97 Å². The van der Waals surface area contributed by atoms with Crippen LogP contribution in [0.1, 0.15) is 15.9 Å². The van der Waals surface area contributed by atoms with E-state index in [2.05, 4.69) is 0 Å². The Morgan fingerprint density at radius 2 is 1.76 bits per heavy atom. The molecule has 2 aromatic rings. The van der Waals surface area contributed by atoms with Gasteiger partial charge in [0.2, 0.25) is 0 Å². The van der Waals surface area contributed by atoms with Crippen molar-refractivity contribution < 1.29 is 9.90 Å². The number of nitriles is 1. The number of hydrogen-bond acceptors (Lipinski definition) is 2. The van der Waals surface area contributed by atoms with Crippen molar-refractivity contribution in [1.82, 2.24) is 0 Å². The van der Waals surface area contributed by atoms with Gasteiger partial charge in [-0.05, 0) is 11.6 Å². The van der Waals surface area contributed by atoms with Gasteiger partial charge in [0.15, 0.2) is 0 Å². The van der Waals surface area contributed by atoms with E-state index < -0.39 is 5.97 Å². The fourth-order valence-corrected chi connectivity index (χ4v) is 1.71. The molecule has 0 saturated heterocycles. The van der Waals surface area contributed by atoms with Gasteiger partial charge in [-0.3, -0.25) is 0 Å². The molecule has 0 aliphatic carbocycles. The Morgan fingerprint density at radius 3 is 2.35 bits per heavy atom. The SMILES string of the molecule is N#Cc1c(C(=O)O)cccc1-c1ccccc1. The lowest BCUT2D eigenvalue weighted by Gasteiger charge is -2.06. The molecule has 0 aliphatic rings. The van der Waals surface area contributed by atoms with Gasteiger partial charge < -0.3 is 5.11 Å². The van der Waals surface area contributed by atoms with Gasteiger partial charge in [-0.1, -0.05) is 42.5 Å². The second-order valence-electron chi connectivity index (χ2n) is 3.51. The Balaban J connectivity index is 2.68. The maximum absolute atomic E-state index is 11.0. The van der Waals surface area contributed by atoms with Crippen molar-refractivity contribution in [2.75, 3.05) is 0 Å². The molecule has 2 rings (SSSR count). The smallest absolute Gasteiger partial charge is 0.337 e. The van der Waals surface area contributed by atoms with E-state index in [1.807, 2.05) is 36.4 Å². The number of rotatable bonds is 2. The van der Waals surface area contributed by atoms with E-state index in [4.69, 9.17) is 10.4 Å². The van der Waals surface area contributed by atoms with E-state index in [1.54, 1.807) is 12.1 Å². The molecule has 0 fully saturated rings. The Morgan fingerprint density at radius 1 is 1.06 bits per heavy atom. The van der Waals surface area contributed by atoms with E-state index in [0.29, 0.717) is 5.56 Å². The van der Waals surface area contributed by atoms with Crippen molar-refractivity contribution in [2.45, 2.75) is 0 Å². The predicted molar refractivity (Wildman–Crippen MR) is 63.6 cm³/mol. The zero-order chi connectivity index (χ0) is 12.3. The number of benzene rings is 2. The molecule has 0 amide bonds. The van der Waals surface area contributed by atoms with Gasteiger partial charge in [0, 0.05) is 5.56 Å². The van der Waals surface area contributed by atoms with Crippen LogP contribution in [0, 0.1) is 11.3 Å². The summed E-state index contributed by atoms with van der Waals surface area (Å²) in [6.07, 6.45) is 0. The summed E-state index contributed by atoms with van der Waals surface area (Å²) >= 11 is 0. The van der Waals surface area contributed by atoms with Crippen LogP contribution in [0.2, 0.25) is 0 Å². The summed E-state index contributed by atoms with van der Waals surface area (Å²) in [6, 6.07) is 16.1. The zero-order valence-electron chi connectivity index (χ0n) is 8.92. The lowest BCUT2D eigenvalue weighted by atomic mass is 9.96. The molecular formula is C14H9NO2. The van der Waals surface area contributed by atoms with E-state index in [-0.39, 0.29) is 11.1 Å². The third kappa shape index (κ3) is 2.01. The van der Waals surface area contributed by atoms with Gasteiger partial charge in [-0.15, -0.1) is 0 Å². The molecule has 0 aromatic heterocycles. The van der Waals surface area contributed by atoms with Crippen molar-refractivity contribution in [3.8, 4) is 17.2 Å². The summed E-state index contributed by atoms with van der Waals surface area (Å²) in [5.74, 6) is -1.08. The van der Waals surface area contributed by atoms with Crippen LogP contribution < -0.4 is 0 Å². The molecular weight excluding hydrogens is 214 g/mol. The molecule has 0 saturated carbocycles. The fraction of sp³-hybridized carbons (Fsp3) is 0. The average molecular weight is 223 g/mol. The summed E-state index contributed by atoms with van der Waals surface area (Å²) in [5, 5.41) is 18.1. The molecule has 1 N–H and O–H groups in total. The Labute approximate surface area is 98.6 Å². The minimum atomic E-state index is -1.08. The number of hydrogen-bond donors (Lipinski definition) is 1. The van der Waals surface area contributed by atoms with Crippen molar-refractivity contribution in [2.24, 2.45) is 0 Å². The number of carbonyl (C=O) groups is 1. The standard InChI is InChI=1S/C14H9NO2/c15-9-13-11(10-5-2-1-3-6-10)7-4-8-12(13)14(16)17/h1-8H,(H,16,17). The van der Waals surface area contributed by atoms with Gasteiger partial charge in [0.05, 0.1) is 11.1 Å². The molecule has 0 atom stereocenters. The van der Waals surface area contributed by atoms with E-state index in [9.17, 15) is 4.79 Å². The third-order valence-electron chi connectivity index (χ3n) is 2.49. The van der Waals surface area contributed by atoms with Crippen LogP contribution in [0.4, 0.5) is 0 Å². The largest absolute Gasteiger partial charge is 0.478 e. The van der Waals surface area contributed by atoms with Crippen LogP contribution in [-0.4, -0.2) is 11.1 Å². The van der Waals surface area contributed by atoms with E-state index >= 15 is 0 Å². The first-order chi connectivity index (χ1) is 8.24. The van der Waals surface area contributed by atoms with Crippen LogP contribution in [0.5, 0.6) is 0 Å². The molecule has 82 valence electrons. The van der Waals surface area contributed by atoms with Gasteiger partial charge in [0.1, 0.15) is 6.07 Å². The highest BCUT2D eigenvalue weighted by Crippen LogP contribution is 2.25. The number of carboxylic acid groups (broad SMARTS) is 1. The second kappa shape index (κ2) is 4.50. The maximum atomic E-state index is 11.0. The molecule has 0 spiro atoms. The minimum Gasteiger partial charge on any atom is -0.478 e. The second-order valence-corrected chi connectivity index (χ2v) is 3.51. The molecule has 0 aliphatic heterocycles. The molecule has 0 heterocycles. The summed E-state index contributed by atoms with van der Waals surface area (Å²) in [7, 11) is 0. The third-order valence-corrected chi connectivity index (χ3v) is 2.49. The van der Waals surface area contributed by atoms with Gasteiger partial charge >= 0.3 is 5.97 Å². The van der Waals surface area contributed by atoms with E-state index in [0.717, 1.165) is 5.56 Å². The fourth-order valence-electron chi connectivity index (χ4n) is 1.71. The summed E-state index contributed by atoms with van der Waals surface area (Å²) in [5.41, 5.74) is 1.72. The van der Waals surface area contributed by atoms with Crippen LogP contribution in [0.15, 0.2) is 48.5 Å². The van der Waals surface area contributed by atoms with Crippen LogP contribution in [0.3, 0.4) is 0 Å². The molecule has 0 radical (unpaired) electrons. The first kappa shape index (κ1) is 10.9. The highest BCUT2D eigenvalue weighted by atomic mass is 16.4. The molecule has 0 bridgehead atoms. The molecule has 0 unspecified atom stereocenters. The quantitative estimate of drug-likeness (QED) is 0.851. The van der Waals surface area contributed by atoms with Crippen molar-refractivity contribution in [3.63, 3.8) is 0 Å². The van der Waals surface area contributed by atoms with Gasteiger partial charge in [0.25, 0.3) is 0 Å². The van der Waals surface area contributed by atoms with Crippen LogP contribution in [-0.2, 0) is 0 Å². The summed E-state index contributed by atoms with van der Waals surface area (Å²) in [4.78, 5) is 11.0. The predicted octanol–water partition coefficient (Wildman–Crippen LogP) is 2.92. The topological polar surface area (TPSA) is 61.1 Å². The monoisotopic (exact) mass is 223 g/mol. The van der Waals surface area contributed by atoms with E-state index in [1.165, 1.54) is 6.07 Å². The Kier molecular flexibility index (Phi) is 2.89. The van der Waals surface area contributed by atoms with Crippen molar-refractivity contribution in [1.29, 1.82) is 5.26 Å². The van der Waals surface area contributed by atoms with Crippen LogP contribution in [0.25, 0.3) is 11.1 Å². The minimum absolute atomic E-state index is 0.0360. The van der Waals surface area contributed by atoms with Gasteiger partial charge in [-0.2, -0.15) is 5.26 Å². The lowest BCUT2D eigenvalue weighted by Crippen LogP contribution is -2.01. The highest BCUT2D eigenvalue weighted by Gasteiger charge is 2.14. The molecule has 3 nitrogen and oxygen atoms in total. The number of aromatic carboxylic acids is 1. The first-order valence-corrected chi connectivity index (χ1v) is 5.06. The molecule has 3 heteroatoms. The van der Waals surface area contributed by atoms with Gasteiger partial charge in [-0.25, -0.2) is 4.79 Å². The number of carboxylic acids is 1.